The van der Waals surface area contributed by atoms with Gasteiger partial charge in [-0.05, 0) is 11.6 Å². The predicted molar refractivity (Wildman–Crippen MR) is 71.9 cm³/mol. The SMILES string of the molecule is CC(CO)c1csc(Cc2cccc(C(F)(F)F)c2)n1. The van der Waals surface area contributed by atoms with Crippen LogP contribution < -0.4 is 0 Å². The van der Waals surface area contributed by atoms with Crippen molar-refractivity contribution in [1.82, 2.24) is 4.98 Å². The van der Waals surface area contributed by atoms with Gasteiger partial charge < -0.3 is 5.11 Å². The monoisotopic (exact) mass is 301 g/mol. The van der Waals surface area contributed by atoms with E-state index < -0.39 is 11.7 Å². The molecule has 0 aliphatic rings. The zero-order valence-electron chi connectivity index (χ0n) is 10.8. The molecule has 0 saturated heterocycles. The van der Waals surface area contributed by atoms with Gasteiger partial charge in [0.1, 0.15) is 0 Å². The summed E-state index contributed by atoms with van der Waals surface area (Å²) >= 11 is 1.40. The van der Waals surface area contributed by atoms with Gasteiger partial charge in [0.05, 0.1) is 22.9 Å². The first-order chi connectivity index (χ1) is 9.40. The van der Waals surface area contributed by atoms with E-state index in [1.807, 2.05) is 12.3 Å². The minimum atomic E-state index is -4.32. The van der Waals surface area contributed by atoms with Crippen LogP contribution in [0, 0.1) is 0 Å². The molecular weight excluding hydrogens is 287 g/mol. The molecule has 1 atom stereocenters. The number of halogens is 3. The highest BCUT2D eigenvalue weighted by Gasteiger charge is 2.30. The third-order valence-corrected chi connectivity index (χ3v) is 3.82. The van der Waals surface area contributed by atoms with Gasteiger partial charge in [-0.15, -0.1) is 11.3 Å². The zero-order chi connectivity index (χ0) is 14.8. The van der Waals surface area contributed by atoms with Crippen molar-refractivity contribution in [2.45, 2.75) is 25.4 Å². The van der Waals surface area contributed by atoms with Gasteiger partial charge in [-0.2, -0.15) is 13.2 Å². The molecule has 0 bridgehead atoms. The van der Waals surface area contributed by atoms with E-state index in [-0.39, 0.29) is 12.5 Å². The quantitative estimate of drug-likeness (QED) is 0.930. The summed E-state index contributed by atoms with van der Waals surface area (Å²) in [7, 11) is 0. The van der Waals surface area contributed by atoms with Crippen LogP contribution in [0.3, 0.4) is 0 Å². The molecule has 2 aromatic rings. The van der Waals surface area contributed by atoms with Crippen LogP contribution in [-0.4, -0.2) is 16.7 Å². The van der Waals surface area contributed by atoms with E-state index >= 15 is 0 Å². The van der Waals surface area contributed by atoms with Crippen molar-refractivity contribution in [2.24, 2.45) is 0 Å². The lowest BCUT2D eigenvalue weighted by Crippen LogP contribution is -2.05. The van der Waals surface area contributed by atoms with Crippen molar-refractivity contribution in [1.29, 1.82) is 0 Å². The second-order valence-electron chi connectivity index (χ2n) is 4.62. The molecule has 2 rings (SSSR count). The predicted octanol–water partition coefficient (Wildman–Crippen LogP) is 3.85. The number of aliphatic hydroxyl groups is 1. The molecule has 108 valence electrons. The Morgan fingerprint density at radius 1 is 1.35 bits per heavy atom. The molecule has 1 unspecified atom stereocenters. The molecule has 1 aromatic heterocycles. The lowest BCUT2D eigenvalue weighted by Gasteiger charge is -2.08. The summed E-state index contributed by atoms with van der Waals surface area (Å²) in [6, 6.07) is 5.27. The molecule has 0 amide bonds. The highest BCUT2D eigenvalue weighted by molar-refractivity contribution is 7.09. The lowest BCUT2D eigenvalue weighted by molar-refractivity contribution is -0.137. The molecule has 1 N–H and O–H groups in total. The van der Waals surface area contributed by atoms with Crippen LogP contribution in [0.2, 0.25) is 0 Å². The number of aromatic nitrogens is 1. The summed E-state index contributed by atoms with van der Waals surface area (Å²) in [6.07, 6.45) is -3.96. The van der Waals surface area contributed by atoms with Crippen molar-refractivity contribution in [2.75, 3.05) is 6.61 Å². The summed E-state index contributed by atoms with van der Waals surface area (Å²) in [5.74, 6) is -0.0542. The first-order valence-corrected chi connectivity index (χ1v) is 6.99. The van der Waals surface area contributed by atoms with E-state index in [9.17, 15) is 13.2 Å². The number of aliphatic hydroxyl groups excluding tert-OH is 1. The second-order valence-corrected chi connectivity index (χ2v) is 5.57. The van der Waals surface area contributed by atoms with Crippen molar-refractivity contribution < 1.29 is 18.3 Å². The minimum Gasteiger partial charge on any atom is -0.396 e. The number of thiazole rings is 1. The largest absolute Gasteiger partial charge is 0.416 e. The number of hydrogen-bond donors (Lipinski definition) is 1. The van der Waals surface area contributed by atoms with Gasteiger partial charge in [-0.25, -0.2) is 4.98 Å². The fourth-order valence-electron chi connectivity index (χ4n) is 1.76. The zero-order valence-corrected chi connectivity index (χ0v) is 11.6. The number of rotatable bonds is 4. The maximum Gasteiger partial charge on any atom is 0.416 e. The second kappa shape index (κ2) is 5.93. The van der Waals surface area contributed by atoms with Crippen molar-refractivity contribution in [3.05, 3.63) is 51.5 Å². The molecule has 1 heterocycles. The first-order valence-electron chi connectivity index (χ1n) is 6.11. The first kappa shape index (κ1) is 15.0. The summed E-state index contributed by atoms with van der Waals surface area (Å²) in [4.78, 5) is 4.35. The fourth-order valence-corrected chi connectivity index (χ4v) is 2.71. The van der Waals surface area contributed by atoms with Gasteiger partial charge in [0.15, 0.2) is 0 Å². The van der Waals surface area contributed by atoms with Crippen molar-refractivity contribution >= 4 is 11.3 Å². The average molecular weight is 301 g/mol. The van der Waals surface area contributed by atoms with E-state index in [0.717, 1.165) is 22.8 Å². The Labute approximate surface area is 118 Å². The van der Waals surface area contributed by atoms with Gasteiger partial charge >= 0.3 is 6.18 Å². The van der Waals surface area contributed by atoms with E-state index in [2.05, 4.69) is 4.98 Å². The lowest BCUT2D eigenvalue weighted by atomic mass is 10.1. The number of hydrogen-bond acceptors (Lipinski definition) is 3. The number of alkyl halides is 3. The van der Waals surface area contributed by atoms with E-state index in [1.165, 1.54) is 17.4 Å². The molecule has 20 heavy (non-hydrogen) atoms. The van der Waals surface area contributed by atoms with Crippen LogP contribution in [0.5, 0.6) is 0 Å². The molecule has 0 spiro atoms. The smallest absolute Gasteiger partial charge is 0.396 e. The normalized spacial score (nSPS) is 13.4. The van der Waals surface area contributed by atoms with Crippen LogP contribution >= 0.6 is 11.3 Å². The molecular formula is C14H14F3NOS. The third kappa shape index (κ3) is 3.58. The highest BCUT2D eigenvalue weighted by atomic mass is 32.1. The van der Waals surface area contributed by atoms with Crippen LogP contribution in [-0.2, 0) is 12.6 Å². The Balaban J connectivity index is 2.16. The topological polar surface area (TPSA) is 33.1 Å². The van der Waals surface area contributed by atoms with Crippen LogP contribution in [0.25, 0.3) is 0 Å². The van der Waals surface area contributed by atoms with Gasteiger partial charge in [-0.1, -0.05) is 25.1 Å². The molecule has 0 aliphatic heterocycles. The van der Waals surface area contributed by atoms with Crippen molar-refractivity contribution in [3.63, 3.8) is 0 Å². The average Bonchev–Trinajstić information content (AvgIpc) is 2.85. The standard InChI is InChI=1S/C14H14F3NOS/c1-9(7-19)12-8-20-13(18-12)6-10-3-2-4-11(5-10)14(15,16)17/h2-5,8-9,19H,6-7H2,1H3. The Hall–Kier alpha value is -1.40. The number of benzene rings is 1. The van der Waals surface area contributed by atoms with Gasteiger partial charge in [0, 0.05) is 17.7 Å². The Bertz CT molecular complexity index is 580. The Kier molecular flexibility index (Phi) is 4.45. The molecule has 6 heteroatoms. The maximum atomic E-state index is 12.6. The number of nitrogens with zero attached hydrogens (tertiary/aromatic N) is 1. The Morgan fingerprint density at radius 3 is 2.75 bits per heavy atom. The highest BCUT2D eigenvalue weighted by Crippen LogP contribution is 2.30. The van der Waals surface area contributed by atoms with Crippen LogP contribution in [0.4, 0.5) is 13.2 Å². The fraction of sp³-hybridized carbons (Fsp3) is 0.357. The van der Waals surface area contributed by atoms with Gasteiger partial charge in [-0.3, -0.25) is 0 Å². The third-order valence-electron chi connectivity index (χ3n) is 2.96. The molecule has 2 nitrogen and oxygen atoms in total. The van der Waals surface area contributed by atoms with Crippen LogP contribution in [0.15, 0.2) is 29.6 Å². The summed E-state index contributed by atoms with van der Waals surface area (Å²) in [5, 5.41) is 11.6. The summed E-state index contributed by atoms with van der Waals surface area (Å²) < 4.78 is 37.9. The molecule has 0 radical (unpaired) electrons. The maximum absolute atomic E-state index is 12.6. The molecule has 1 aromatic carbocycles. The van der Waals surface area contributed by atoms with E-state index in [4.69, 9.17) is 5.11 Å². The summed E-state index contributed by atoms with van der Waals surface area (Å²) in [6.45, 7) is 1.86. The van der Waals surface area contributed by atoms with Crippen molar-refractivity contribution in [3.8, 4) is 0 Å². The molecule has 0 fully saturated rings. The van der Waals surface area contributed by atoms with Crippen LogP contribution in [0.1, 0.15) is 34.7 Å². The minimum absolute atomic E-state index is 0.00668. The summed E-state index contributed by atoms with van der Waals surface area (Å²) in [5.41, 5.74) is 0.715. The molecule has 0 saturated carbocycles. The van der Waals surface area contributed by atoms with E-state index in [1.54, 1.807) is 6.07 Å². The van der Waals surface area contributed by atoms with Gasteiger partial charge in [0.25, 0.3) is 0 Å². The van der Waals surface area contributed by atoms with E-state index in [0.29, 0.717) is 12.0 Å². The van der Waals surface area contributed by atoms with Gasteiger partial charge in [0.2, 0.25) is 0 Å². The molecule has 0 aliphatic carbocycles. The Morgan fingerprint density at radius 2 is 2.10 bits per heavy atom.